The molecule has 0 aliphatic heterocycles. The van der Waals surface area contributed by atoms with Gasteiger partial charge in [0.25, 0.3) is 5.69 Å². The van der Waals surface area contributed by atoms with Crippen LogP contribution in [0.3, 0.4) is 0 Å². The Morgan fingerprint density at radius 2 is 1.79 bits per heavy atom. The van der Waals surface area contributed by atoms with Crippen LogP contribution in [0.25, 0.3) is 0 Å². The zero-order valence-electron chi connectivity index (χ0n) is 19.3. The molecule has 2 aromatic rings. The van der Waals surface area contributed by atoms with Gasteiger partial charge in [0.2, 0.25) is 0 Å². The van der Waals surface area contributed by atoms with Crippen LogP contribution in [-0.2, 0) is 19.1 Å². The summed E-state index contributed by atoms with van der Waals surface area (Å²) in [5, 5.41) is 26.1. The fourth-order valence-electron chi connectivity index (χ4n) is 4.36. The van der Waals surface area contributed by atoms with Crippen LogP contribution in [0.1, 0.15) is 38.7 Å². The van der Waals surface area contributed by atoms with Gasteiger partial charge in [-0.2, -0.15) is 0 Å². The Balaban J connectivity index is 2.28. The number of ether oxygens (including phenoxy) is 2. The molecule has 1 aliphatic rings. The Morgan fingerprint density at radius 1 is 1.12 bits per heavy atom. The highest BCUT2D eigenvalue weighted by Gasteiger charge is 2.52. The van der Waals surface area contributed by atoms with Gasteiger partial charge in [0.15, 0.2) is 0 Å². The number of esters is 2. The molecule has 0 radical (unpaired) electrons. The van der Waals surface area contributed by atoms with Crippen LogP contribution < -0.4 is 5.32 Å². The molecule has 2 N–H and O–H groups in total. The minimum absolute atomic E-state index is 0.0645. The molecule has 180 valence electrons. The van der Waals surface area contributed by atoms with Crippen LogP contribution in [0.4, 0.5) is 11.4 Å². The highest BCUT2D eigenvalue weighted by molar-refractivity contribution is 5.94. The lowest BCUT2D eigenvalue weighted by Crippen LogP contribution is -2.49. The van der Waals surface area contributed by atoms with Crippen molar-refractivity contribution in [3.8, 4) is 0 Å². The number of para-hydroxylation sites is 1. The lowest BCUT2D eigenvalue weighted by atomic mass is 9.65. The van der Waals surface area contributed by atoms with Gasteiger partial charge in [0.1, 0.15) is 0 Å². The Morgan fingerprint density at radius 3 is 2.41 bits per heavy atom. The lowest BCUT2D eigenvalue weighted by molar-refractivity contribution is -0.384. The second-order valence-electron chi connectivity index (χ2n) is 8.20. The van der Waals surface area contributed by atoms with Crippen molar-refractivity contribution in [3.05, 3.63) is 81.5 Å². The number of nitrogens with one attached hydrogen (secondary N) is 1. The van der Waals surface area contributed by atoms with Crippen molar-refractivity contribution in [2.75, 3.05) is 18.5 Å². The van der Waals surface area contributed by atoms with E-state index in [0.717, 1.165) is 0 Å². The van der Waals surface area contributed by atoms with E-state index < -0.39 is 34.3 Å². The number of aliphatic hydroxyl groups is 1. The molecule has 0 amide bonds. The maximum absolute atomic E-state index is 13.3. The summed E-state index contributed by atoms with van der Waals surface area (Å²) in [6, 6.07) is 14.7. The summed E-state index contributed by atoms with van der Waals surface area (Å²) in [4.78, 5) is 37.2. The summed E-state index contributed by atoms with van der Waals surface area (Å²) in [5.41, 5.74) is -0.354. The molecule has 0 heterocycles. The summed E-state index contributed by atoms with van der Waals surface area (Å²) < 4.78 is 10.6. The van der Waals surface area contributed by atoms with E-state index in [0.29, 0.717) is 16.9 Å². The van der Waals surface area contributed by atoms with E-state index in [9.17, 15) is 24.8 Å². The number of rotatable bonds is 8. The predicted octanol–water partition coefficient (Wildman–Crippen LogP) is 3.94. The molecule has 9 nitrogen and oxygen atoms in total. The second-order valence-corrected chi connectivity index (χ2v) is 8.20. The van der Waals surface area contributed by atoms with Crippen LogP contribution in [0, 0.1) is 16.0 Å². The highest BCUT2D eigenvalue weighted by atomic mass is 16.6. The fourth-order valence-corrected chi connectivity index (χ4v) is 4.36. The standard InChI is InChI=1S/C25H28N2O7/c1-4-33-23(28)21-19(26-17-11-7-6-8-12-17)15-25(3,30)22(24(29)34-5-2)20(21)16-10-9-13-18(14-16)27(31)32/h6-14,20,22,26,30H,4-5,15H2,1-3H3/t20-,22-,25-/m1/s1. The summed E-state index contributed by atoms with van der Waals surface area (Å²) in [6.45, 7) is 4.95. The average Bonchev–Trinajstić information content (AvgIpc) is 2.79. The molecular formula is C25H28N2O7. The molecule has 2 aromatic carbocycles. The van der Waals surface area contributed by atoms with Gasteiger partial charge in [-0.3, -0.25) is 14.9 Å². The molecule has 0 aromatic heterocycles. The number of benzene rings is 2. The summed E-state index contributed by atoms with van der Waals surface area (Å²) in [5.74, 6) is -3.63. The van der Waals surface area contributed by atoms with E-state index in [-0.39, 0.29) is 30.9 Å². The van der Waals surface area contributed by atoms with E-state index >= 15 is 0 Å². The molecule has 0 bridgehead atoms. The third-order valence-corrected chi connectivity index (χ3v) is 5.72. The molecule has 3 atom stereocenters. The molecule has 9 heteroatoms. The maximum atomic E-state index is 13.3. The van der Waals surface area contributed by atoms with Gasteiger partial charge in [-0.1, -0.05) is 30.3 Å². The van der Waals surface area contributed by atoms with Crippen molar-refractivity contribution < 1.29 is 29.1 Å². The third-order valence-electron chi connectivity index (χ3n) is 5.72. The number of hydrogen-bond donors (Lipinski definition) is 2. The third kappa shape index (κ3) is 5.26. The number of hydrogen-bond acceptors (Lipinski definition) is 8. The van der Waals surface area contributed by atoms with Crippen LogP contribution in [0.2, 0.25) is 0 Å². The molecule has 3 rings (SSSR count). The largest absolute Gasteiger partial charge is 0.466 e. The first-order chi connectivity index (χ1) is 16.2. The van der Waals surface area contributed by atoms with Crippen molar-refractivity contribution in [2.24, 2.45) is 5.92 Å². The Kier molecular flexibility index (Phi) is 7.68. The van der Waals surface area contributed by atoms with Gasteiger partial charge < -0.3 is 19.9 Å². The van der Waals surface area contributed by atoms with E-state index in [2.05, 4.69) is 5.32 Å². The van der Waals surface area contributed by atoms with Gasteiger partial charge in [0, 0.05) is 35.9 Å². The first-order valence-electron chi connectivity index (χ1n) is 11.0. The molecule has 0 spiro atoms. The SMILES string of the molecule is CCOC(=O)C1=C(Nc2ccccc2)C[C@@](C)(O)[C@@H](C(=O)OCC)[C@@H]1c1cccc([N+](=O)[O-])c1. The average molecular weight is 469 g/mol. The summed E-state index contributed by atoms with van der Waals surface area (Å²) >= 11 is 0. The first kappa shape index (κ1) is 24.9. The lowest BCUT2D eigenvalue weighted by Gasteiger charge is -2.43. The van der Waals surface area contributed by atoms with Gasteiger partial charge >= 0.3 is 11.9 Å². The number of nitro benzene ring substituents is 1. The van der Waals surface area contributed by atoms with Crippen molar-refractivity contribution in [1.82, 2.24) is 0 Å². The monoisotopic (exact) mass is 468 g/mol. The first-order valence-corrected chi connectivity index (χ1v) is 11.0. The summed E-state index contributed by atoms with van der Waals surface area (Å²) in [7, 11) is 0. The molecule has 34 heavy (non-hydrogen) atoms. The quantitative estimate of drug-likeness (QED) is 0.339. The van der Waals surface area contributed by atoms with Crippen LogP contribution >= 0.6 is 0 Å². The number of carbonyl (C=O) groups excluding carboxylic acids is 2. The van der Waals surface area contributed by atoms with Crippen LogP contribution in [-0.4, -0.2) is 40.8 Å². The van der Waals surface area contributed by atoms with Crippen molar-refractivity contribution in [3.63, 3.8) is 0 Å². The predicted molar refractivity (Wildman–Crippen MR) is 125 cm³/mol. The number of non-ortho nitro benzene ring substituents is 1. The topological polar surface area (TPSA) is 128 Å². The van der Waals surface area contributed by atoms with E-state index in [4.69, 9.17) is 9.47 Å². The molecule has 1 aliphatic carbocycles. The van der Waals surface area contributed by atoms with Crippen molar-refractivity contribution >= 4 is 23.3 Å². The zero-order chi connectivity index (χ0) is 24.9. The Labute approximate surface area is 197 Å². The minimum Gasteiger partial charge on any atom is -0.466 e. The molecule has 0 saturated carbocycles. The maximum Gasteiger partial charge on any atom is 0.336 e. The van der Waals surface area contributed by atoms with Crippen molar-refractivity contribution in [1.29, 1.82) is 0 Å². The van der Waals surface area contributed by atoms with E-state index in [1.54, 1.807) is 32.0 Å². The Hall–Kier alpha value is -3.72. The Bertz CT molecular complexity index is 1100. The molecule has 0 saturated heterocycles. The van der Waals surface area contributed by atoms with Crippen molar-refractivity contribution in [2.45, 2.75) is 38.7 Å². The molecule has 0 fully saturated rings. The van der Waals surface area contributed by atoms with Gasteiger partial charge in [0.05, 0.1) is 35.2 Å². The number of carbonyl (C=O) groups is 2. The second kappa shape index (κ2) is 10.5. The van der Waals surface area contributed by atoms with Crippen LogP contribution in [0.15, 0.2) is 65.9 Å². The highest BCUT2D eigenvalue weighted by Crippen LogP contribution is 2.48. The van der Waals surface area contributed by atoms with Gasteiger partial charge in [-0.25, -0.2) is 4.79 Å². The van der Waals surface area contributed by atoms with Gasteiger partial charge in [-0.05, 0) is 38.5 Å². The van der Waals surface area contributed by atoms with E-state index in [1.807, 2.05) is 18.2 Å². The molecule has 0 unspecified atom stereocenters. The summed E-state index contributed by atoms with van der Waals surface area (Å²) in [6.07, 6.45) is -0.0645. The zero-order valence-corrected chi connectivity index (χ0v) is 19.3. The fraction of sp³-hybridized carbons (Fsp3) is 0.360. The number of nitro groups is 1. The minimum atomic E-state index is -1.63. The number of nitrogens with zero attached hydrogens (tertiary/aromatic N) is 1. The number of anilines is 1. The van der Waals surface area contributed by atoms with Gasteiger partial charge in [-0.15, -0.1) is 0 Å². The normalized spacial score (nSPS) is 22.1. The smallest absolute Gasteiger partial charge is 0.336 e. The van der Waals surface area contributed by atoms with Crippen LogP contribution in [0.5, 0.6) is 0 Å². The van der Waals surface area contributed by atoms with E-state index in [1.165, 1.54) is 25.1 Å². The molecular weight excluding hydrogens is 440 g/mol.